The maximum Gasteiger partial charge on any atom is 0.270 e. The van der Waals surface area contributed by atoms with Crippen LogP contribution in [0.2, 0.25) is 5.02 Å². The second kappa shape index (κ2) is 6.03. The van der Waals surface area contributed by atoms with Gasteiger partial charge in [-0.25, -0.2) is 0 Å². The molecule has 1 aromatic carbocycles. The molecule has 1 aromatic heterocycles. The van der Waals surface area contributed by atoms with Gasteiger partial charge in [-0.2, -0.15) is 0 Å². The zero-order valence-electron chi connectivity index (χ0n) is 11.0. The molecule has 2 aromatic rings. The summed E-state index contributed by atoms with van der Waals surface area (Å²) in [6, 6.07) is 12.4. The number of carbonyl (C=O) groups excluding carboxylic acids is 1. The van der Waals surface area contributed by atoms with Crippen LogP contribution in [-0.4, -0.2) is 22.6 Å². The van der Waals surface area contributed by atoms with Crippen molar-refractivity contribution in [3.63, 3.8) is 0 Å². The quantitative estimate of drug-likeness (QED) is 0.909. The van der Waals surface area contributed by atoms with Crippen LogP contribution in [0.1, 0.15) is 23.0 Å². The molecule has 0 saturated carbocycles. The van der Waals surface area contributed by atoms with Crippen LogP contribution in [0.15, 0.2) is 48.7 Å². The second-order valence-corrected chi connectivity index (χ2v) is 5.11. The Kier molecular flexibility index (Phi) is 4.37. The maximum atomic E-state index is 12.2. The molecular weight excluding hydrogens is 276 g/mol. The first kappa shape index (κ1) is 14.5. The summed E-state index contributed by atoms with van der Waals surface area (Å²) in [5.41, 5.74) is 0.161. The lowest BCUT2D eigenvalue weighted by atomic mass is 9.92. The topological polar surface area (TPSA) is 62.2 Å². The minimum absolute atomic E-state index is 0.216. The van der Waals surface area contributed by atoms with Crippen molar-refractivity contribution >= 4 is 17.5 Å². The van der Waals surface area contributed by atoms with E-state index in [2.05, 4.69) is 10.3 Å². The number of aliphatic hydroxyl groups is 1. The predicted molar refractivity (Wildman–Crippen MR) is 77.6 cm³/mol. The Hall–Kier alpha value is -1.91. The first-order chi connectivity index (χ1) is 9.55. The van der Waals surface area contributed by atoms with Gasteiger partial charge >= 0.3 is 0 Å². The van der Waals surface area contributed by atoms with E-state index in [0.717, 1.165) is 5.56 Å². The number of hydrogen-bond donors (Lipinski definition) is 2. The van der Waals surface area contributed by atoms with Crippen molar-refractivity contribution in [2.75, 3.05) is 6.61 Å². The zero-order valence-corrected chi connectivity index (χ0v) is 11.8. The lowest BCUT2D eigenvalue weighted by Gasteiger charge is -2.29. The number of hydrogen-bond acceptors (Lipinski definition) is 3. The van der Waals surface area contributed by atoms with Crippen LogP contribution >= 0.6 is 11.6 Å². The maximum absolute atomic E-state index is 12.2. The zero-order chi connectivity index (χ0) is 14.6. The highest BCUT2D eigenvalue weighted by Crippen LogP contribution is 2.20. The summed E-state index contributed by atoms with van der Waals surface area (Å²) < 4.78 is 0. The SMILES string of the molecule is CC(CO)(NC(=O)c1cc(Cl)ccn1)c1ccccc1. The number of benzene rings is 1. The van der Waals surface area contributed by atoms with Gasteiger partial charge in [0.15, 0.2) is 0 Å². The van der Waals surface area contributed by atoms with Gasteiger partial charge in [0.1, 0.15) is 5.69 Å². The van der Waals surface area contributed by atoms with Crippen molar-refractivity contribution in [1.82, 2.24) is 10.3 Å². The Morgan fingerprint density at radius 2 is 2.05 bits per heavy atom. The molecule has 0 fully saturated rings. The fourth-order valence-electron chi connectivity index (χ4n) is 1.85. The highest BCUT2D eigenvalue weighted by molar-refractivity contribution is 6.30. The molecule has 1 atom stereocenters. The highest BCUT2D eigenvalue weighted by Gasteiger charge is 2.28. The Bertz CT molecular complexity index is 604. The molecule has 1 unspecified atom stereocenters. The van der Waals surface area contributed by atoms with E-state index < -0.39 is 5.54 Å². The Balaban J connectivity index is 2.24. The van der Waals surface area contributed by atoms with E-state index in [4.69, 9.17) is 11.6 Å². The monoisotopic (exact) mass is 290 g/mol. The van der Waals surface area contributed by atoms with E-state index in [-0.39, 0.29) is 18.2 Å². The van der Waals surface area contributed by atoms with Gasteiger partial charge < -0.3 is 10.4 Å². The van der Waals surface area contributed by atoms with Crippen LogP contribution in [-0.2, 0) is 5.54 Å². The van der Waals surface area contributed by atoms with E-state index in [0.29, 0.717) is 5.02 Å². The average molecular weight is 291 g/mol. The number of aromatic nitrogens is 1. The molecule has 5 heteroatoms. The largest absolute Gasteiger partial charge is 0.394 e. The fraction of sp³-hybridized carbons (Fsp3) is 0.200. The molecule has 4 nitrogen and oxygen atoms in total. The van der Waals surface area contributed by atoms with E-state index in [1.54, 1.807) is 13.0 Å². The summed E-state index contributed by atoms with van der Waals surface area (Å²) >= 11 is 5.84. The van der Waals surface area contributed by atoms with Crippen LogP contribution in [0.5, 0.6) is 0 Å². The third-order valence-electron chi connectivity index (χ3n) is 3.07. The molecule has 0 spiro atoms. The molecule has 0 aliphatic carbocycles. The Morgan fingerprint density at radius 3 is 2.65 bits per heavy atom. The van der Waals surface area contributed by atoms with E-state index in [1.807, 2.05) is 30.3 Å². The van der Waals surface area contributed by atoms with E-state index >= 15 is 0 Å². The number of nitrogens with zero attached hydrogens (tertiary/aromatic N) is 1. The smallest absolute Gasteiger partial charge is 0.270 e. The summed E-state index contributed by atoms with van der Waals surface area (Å²) in [6.07, 6.45) is 1.47. The van der Waals surface area contributed by atoms with Gasteiger partial charge in [-0.3, -0.25) is 9.78 Å². The molecule has 0 aliphatic rings. The van der Waals surface area contributed by atoms with Crippen LogP contribution in [0.25, 0.3) is 0 Å². The van der Waals surface area contributed by atoms with E-state index in [1.165, 1.54) is 12.3 Å². The molecule has 1 heterocycles. The molecule has 0 radical (unpaired) electrons. The minimum atomic E-state index is -0.873. The summed E-state index contributed by atoms with van der Waals surface area (Å²) in [5.74, 6) is -0.382. The lowest BCUT2D eigenvalue weighted by Crippen LogP contribution is -2.46. The predicted octanol–water partition coefficient (Wildman–Crippen LogP) is 2.37. The summed E-state index contributed by atoms with van der Waals surface area (Å²) in [4.78, 5) is 16.2. The van der Waals surface area contributed by atoms with Gasteiger partial charge in [0.05, 0.1) is 12.1 Å². The third-order valence-corrected chi connectivity index (χ3v) is 3.31. The van der Waals surface area contributed by atoms with Gasteiger partial charge in [0.25, 0.3) is 5.91 Å². The Morgan fingerprint density at radius 1 is 1.35 bits per heavy atom. The van der Waals surface area contributed by atoms with Gasteiger partial charge in [-0.05, 0) is 24.6 Å². The van der Waals surface area contributed by atoms with Gasteiger partial charge in [-0.1, -0.05) is 41.9 Å². The molecular formula is C15H15ClN2O2. The lowest BCUT2D eigenvalue weighted by molar-refractivity contribution is 0.0844. The number of pyridine rings is 1. The number of aliphatic hydroxyl groups excluding tert-OH is 1. The van der Waals surface area contributed by atoms with Gasteiger partial charge in [0, 0.05) is 11.2 Å². The highest BCUT2D eigenvalue weighted by atomic mass is 35.5. The summed E-state index contributed by atoms with van der Waals surface area (Å²) in [7, 11) is 0. The number of amides is 1. The molecule has 1 amide bonds. The number of nitrogens with one attached hydrogen (secondary N) is 1. The van der Waals surface area contributed by atoms with Crippen molar-refractivity contribution < 1.29 is 9.90 Å². The first-order valence-electron chi connectivity index (χ1n) is 6.15. The van der Waals surface area contributed by atoms with Crippen LogP contribution < -0.4 is 5.32 Å². The number of carbonyl (C=O) groups is 1. The van der Waals surface area contributed by atoms with Crippen LogP contribution in [0, 0.1) is 0 Å². The number of rotatable bonds is 4. The van der Waals surface area contributed by atoms with Gasteiger partial charge in [-0.15, -0.1) is 0 Å². The first-order valence-corrected chi connectivity index (χ1v) is 6.53. The second-order valence-electron chi connectivity index (χ2n) is 4.67. The van der Waals surface area contributed by atoms with Crippen molar-refractivity contribution in [1.29, 1.82) is 0 Å². The molecule has 2 N–H and O–H groups in total. The van der Waals surface area contributed by atoms with Crippen molar-refractivity contribution in [3.8, 4) is 0 Å². The van der Waals surface area contributed by atoms with Gasteiger partial charge in [0.2, 0.25) is 0 Å². The van der Waals surface area contributed by atoms with Crippen LogP contribution in [0.3, 0.4) is 0 Å². The summed E-state index contributed by atoms with van der Waals surface area (Å²) in [6.45, 7) is 1.54. The molecule has 0 bridgehead atoms. The normalized spacial score (nSPS) is 13.6. The fourth-order valence-corrected chi connectivity index (χ4v) is 2.01. The van der Waals surface area contributed by atoms with E-state index in [9.17, 15) is 9.90 Å². The minimum Gasteiger partial charge on any atom is -0.394 e. The molecule has 0 aliphatic heterocycles. The van der Waals surface area contributed by atoms with Crippen molar-refractivity contribution in [2.24, 2.45) is 0 Å². The molecule has 20 heavy (non-hydrogen) atoms. The van der Waals surface area contributed by atoms with Crippen LogP contribution in [0.4, 0.5) is 0 Å². The van der Waals surface area contributed by atoms with Crippen molar-refractivity contribution in [3.05, 3.63) is 64.9 Å². The number of halogens is 1. The third kappa shape index (κ3) is 3.15. The van der Waals surface area contributed by atoms with Crippen molar-refractivity contribution in [2.45, 2.75) is 12.5 Å². The standard InChI is InChI=1S/C15H15ClN2O2/c1-15(10-19,11-5-3-2-4-6-11)18-14(20)13-9-12(16)7-8-17-13/h2-9,19H,10H2,1H3,(H,18,20). The average Bonchev–Trinajstić information content (AvgIpc) is 2.48. The molecule has 0 saturated heterocycles. The molecule has 2 rings (SSSR count). The Labute approximate surface area is 122 Å². The molecule has 104 valence electrons. The summed E-state index contributed by atoms with van der Waals surface area (Å²) in [5, 5.41) is 12.9.